The number of ketones is 1. The van der Waals surface area contributed by atoms with Crippen LogP contribution in [0.3, 0.4) is 0 Å². The summed E-state index contributed by atoms with van der Waals surface area (Å²) in [6.45, 7) is 1.37. The summed E-state index contributed by atoms with van der Waals surface area (Å²) in [7, 11) is -2.37. The normalized spacial score (nSPS) is 15.1. The number of ether oxygens (including phenoxy) is 1. The largest absolute Gasteiger partial charge is 0.378 e. The van der Waals surface area contributed by atoms with Crippen molar-refractivity contribution >= 4 is 27.2 Å². The number of methoxy groups -OCH3 is 1. The van der Waals surface area contributed by atoms with Crippen LogP contribution in [0.2, 0.25) is 0 Å². The smallest absolute Gasteiger partial charge is 0.197 e. The summed E-state index contributed by atoms with van der Waals surface area (Å²) < 4.78 is 28.1. The fraction of sp³-hybridized carbons (Fsp3) is 0.417. The van der Waals surface area contributed by atoms with Gasteiger partial charge >= 0.3 is 0 Å². The van der Waals surface area contributed by atoms with Crippen molar-refractivity contribution in [3.05, 3.63) is 30.3 Å². The second kappa shape index (κ2) is 6.31. The van der Waals surface area contributed by atoms with Crippen molar-refractivity contribution in [3.8, 4) is 0 Å². The van der Waals surface area contributed by atoms with Gasteiger partial charge in [0, 0.05) is 13.5 Å². The highest BCUT2D eigenvalue weighted by molar-refractivity contribution is 7.93. The topological polar surface area (TPSA) is 60.4 Å². The van der Waals surface area contributed by atoms with Gasteiger partial charge in [-0.05, 0) is 19.1 Å². The molecule has 0 bridgehead atoms. The molecule has 2 atom stereocenters. The Morgan fingerprint density at radius 3 is 2.33 bits per heavy atom. The van der Waals surface area contributed by atoms with E-state index in [-0.39, 0.29) is 17.1 Å². The van der Waals surface area contributed by atoms with Crippen LogP contribution in [-0.4, -0.2) is 32.1 Å². The fourth-order valence-electron chi connectivity index (χ4n) is 1.51. The lowest BCUT2D eigenvalue weighted by Gasteiger charge is -2.20. The Morgan fingerprint density at radius 2 is 1.89 bits per heavy atom. The van der Waals surface area contributed by atoms with Gasteiger partial charge in [-0.25, -0.2) is 8.42 Å². The number of benzene rings is 1. The summed E-state index contributed by atoms with van der Waals surface area (Å²) >= 11 is 5.95. The predicted molar refractivity (Wildman–Crippen MR) is 69.4 cm³/mol. The summed E-state index contributed by atoms with van der Waals surface area (Å²) in [5.74, 6) is -0.171. The molecule has 18 heavy (non-hydrogen) atoms. The molecule has 0 saturated carbocycles. The minimum atomic E-state index is -3.71. The van der Waals surface area contributed by atoms with Crippen molar-refractivity contribution in [1.29, 1.82) is 0 Å². The molecule has 1 aromatic carbocycles. The quantitative estimate of drug-likeness (QED) is 0.752. The van der Waals surface area contributed by atoms with Crippen LogP contribution in [0.5, 0.6) is 0 Å². The summed E-state index contributed by atoms with van der Waals surface area (Å²) in [6.07, 6.45) is -0.883. The van der Waals surface area contributed by atoms with Gasteiger partial charge in [0.15, 0.2) is 14.5 Å². The third-order valence-corrected chi connectivity index (χ3v) is 5.26. The van der Waals surface area contributed by atoms with Crippen LogP contribution in [-0.2, 0) is 19.4 Å². The highest BCUT2D eigenvalue weighted by Crippen LogP contribution is 2.24. The van der Waals surface area contributed by atoms with E-state index in [0.717, 1.165) is 0 Å². The summed E-state index contributed by atoms with van der Waals surface area (Å²) in [4.78, 5) is 11.2. The van der Waals surface area contributed by atoms with Gasteiger partial charge in [0.25, 0.3) is 0 Å². The molecule has 0 aliphatic rings. The molecule has 1 aromatic rings. The Balaban J connectivity index is 3.01. The van der Waals surface area contributed by atoms with Gasteiger partial charge in [-0.3, -0.25) is 4.79 Å². The second-order valence-electron chi connectivity index (χ2n) is 3.89. The van der Waals surface area contributed by atoms with E-state index in [2.05, 4.69) is 0 Å². The number of hydrogen-bond acceptors (Lipinski definition) is 4. The lowest BCUT2D eigenvalue weighted by atomic mass is 10.2. The van der Waals surface area contributed by atoms with Crippen LogP contribution in [0.1, 0.15) is 13.3 Å². The first kappa shape index (κ1) is 15.1. The van der Waals surface area contributed by atoms with E-state index in [1.807, 2.05) is 0 Å². The SMILES string of the molecule is COC(CC(C)=O)C(Cl)S(=O)(=O)c1ccccc1. The monoisotopic (exact) mass is 290 g/mol. The number of Topliss-reactive ketones (excluding diaryl/α,β-unsaturated/α-hetero) is 1. The van der Waals surface area contributed by atoms with Gasteiger partial charge < -0.3 is 4.74 Å². The van der Waals surface area contributed by atoms with Crippen molar-refractivity contribution < 1.29 is 17.9 Å². The van der Waals surface area contributed by atoms with Crippen LogP contribution >= 0.6 is 11.6 Å². The van der Waals surface area contributed by atoms with Gasteiger partial charge in [-0.2, -0.15) is 0 Å². The van der Waals surface area contributed by atoms with E-state index in [1.165, 1.54) is 26.2 Å². The van der Waals surface area contributed by atoms with Crippen LogP contribution in [0, 0.1) is 0 Å². The Labute approximate surface area is 112 Å². The summed E-state index contributed by atoms with van der Waals surface area (Å²) in [5.41, 5.74) is 0. The molecule has 6 heteroatoms. The zero-order valence-electron chi connectivity index (χ0n) is 10.2. The summed E-state index contributed by atoms with van der Waals surface area (Å²) in [5, 5.41) is 0. The molecule has 0 fully saturated rings. The molecule has 0 heterocycles. The fourth-order valence-corrected chi connectivity index (χ4v) is 3.41. The molecule has 100 valence electrons. The first-order valence-corrected chi connectivity index (χ1v) is 7.33. The van der Waals surface area contributed by atoms with Gasteiger partial charge in [0.2, 0.25) is 0 Å². The van der Waals surface area contributed by atoms with Gasteiger partial charge in [0.1, 0.15) is 5.78 Å². The molecule has 0 aliphatic heterocycles. The van der Waals surface area contributed by atoms with Gasteiger partial charge in [-0.1, -0.05) is 18.2 Å². The van der Waals surface area contributed by atoms with Crippen molar-refractivity contribution in [2.24, 2.45) is 0 Å². The van der Waals surface area contributed by atoms with E-state index in [9.17, 15) is 13.2 Å². The first-order chi connectivity index (χ1) is 8.39. The van der Waals surface area contributed by atoms with E-state index in [4.69, 9.17) is 16.3 Å². The van der Waals surface area contributed by atoms with Crippen molar-refractivity contribution in [1.82, 2.24) is 0 Å². The van der Waals surface area contributed by atoms with E-state index in [0.29, 0.717) is 0 Å². The van der Waals surface area contributed by atoms with E-state index < -0.39 is 20.7 Å². The third-order valence-electron chi connectivity index (χ3n) is 2.45. The van der Waals surface area contributed by atoms with Gasteiger partial charge in [-0.15, -0.1) is 11.6 Å². The summed E-state index contributed by atoms with van der Waals surface area (Å²) in [6, 6.07) is 7.87. The number of alkyl halides is 1. The maximum atomic E-state index is 12.2. The molecule has 0 amide bonds. The molecule has 0 saturated heterocycles. The number of rotatable bonds is 6. The number of carbonyl (C=O) groups is 1. The minimum Gasteiger partial charge on any atom is -0.378 e. The lowest BCUT2D eigenvalue weighted by molar-refractivity contribution is -0.119. The molecule has 0 aromatic heterocycles. The molecule has 2 unspecified atom stereocenters. The molecule has 0 spiro atoms. The number of hydrogen-bond donors (Lipinski definition) is 0. The number of sulfone groups is 1. The van der Waals surface area contributed by atoms with Crippen molar-refractivity contribution in [2.45, 2.75) is 29.1 Å². The molecular formula is C12H15ClO4S. The molecule has 1 rings (SSSR count). The molecule has 0 N–H and O–H groups in total. The maximum Gasteiger partial charge on any atom is 0.197 e. The van der Waals surface area contributed by atoms with E-state index >= 15 is 0 Å². The molecule has 0 aliphatic carbocycles. The average Bonchev–Trinajstić information content (AvgIpc) is 2.36. The van der Waals surface area contributed by atoms with Crippen LogP contribution in [0.4, 0.5) is 0 Å². The Morgan fingerprint density at radius 1 is 1.33 bits per heavy atom. The average molecular weight is 291 g/mol. The van der Waals surface area contributed by atoms with Crippen molar-refractivity contribution in [2.75, 3.05) is 7.11 Å². The minimum absolute atomic E-state index is 0.0310. The van der Waals surface area contributed by atoms with Crippen LogP contribution < -0.4 is 0 Å². The third kappa shape index (κ3) is 3.54. The second-order valence-corrected chi connectivity index (χ2v) is 6.69. The zero-order valence-corrected chi connectivity index (χ0v) is 11.7. The number of carbonyl (C=O) groups excluding carboxylic acids is 1. The Bertz CT molecular complexity index is 498. The molecular weight excluding hydrogens is 276 g/mol. The van der Waals surface area contributed by atoms with Crippen molar-refractivity contribution in [3.63, 3.8) is 0 Å². The number of halogens is 1. The zero-order chi connectivity index (χ0) is 13.8. The van der Waals surface area contributed by atoms with E-state index in [1.54, 1.807) is 18.2 Å². The predicted octanol–water partition coefficient (Wildman–Crippen LogP) is 2.02. The lowest BCUT2D eigenvalue weighted by Crippen LogP contribution is -2.32. The van der Waals surface area contributed by atoms with Crippen LogP contribution in [0.15, 0.2) is 35.2 Å². The van der Waals surface area contributed by atoms with Crippen LogP contribution in [0.25, 0.3) is 0 Å². The van der Waals surface area contributed by atoms with Gasteiger partial charge in [0.05, 0.1) is 11.0 Å². The first-order valence-electron chi connectivity index (χ1n) is 5.35. The molecule has 0 radical (unpaired) electrons. The molecule has 4 nitrogen and oxygen atoms in total. The standard InChI is InChI=1S/C12H15ClO4S/c1-9(14)8-11(17-2)12(13)18(15,16)10-6-4-3-5-7-10/h3-7,11-12H,8H2,1-2H3. The Hall–Kier alpha value is -0.910. The highest BCUT2D eigenvalue weighted by atomic mass is 35.5. The maximum absolute atomic E-state index is 12.2. The Kier molecular flexibility index (Phi) is 5.31. The highest BCUT2D eigenvalue weighted by Gasteiger charge is 2.33.